The van der Waals surface area contributed by atoms with Gasteiger partial charge in [-0.25, -0.2) is 0 Å². The monoisotopic (exact) mass is 202 g/mol. The Morgan fingerprint density at radius 3 is 2.67 bits per heavy atom. The van der Waals surface area contributed by atoms with Gasteiger partial charge in [0, 0.05) is 5.92 Å². The molecule has 0 fully saturated rings. The summed E-state index contributed by atoms with van der Waals surface area (Å²) in [6, 6.07) is 9.85. The first kappa shape index (κ1) is 9.97. The summed E-state index contributed by atoms with van der Waals surface area (Å²) in [6.07, 6.45) is 5.72. The van der Waals surface area contributed by atoms with Crippen LogP contribution in [-0.4, -0.2) is 11.1 Å². The molecule has 0 radical (unpaired) electrons. The maximum absolute atomic E-state index is 11.1. The lowest BCUT2D eigenvalue weighted by Gasteiger charge is -2.24. The lowest BCUT2D eigenvalue weighted by atomic mass is 9.80. The molecule has 1 aliphatic carbocycles. The second-order valence-electron chi connectivity index (χ2n) is 3.89. The third-order valence-corrected chi connectivity index (χ3v) is 2.92. The van der Waals surface area contributed by atoms with Gasteiger partial charge in [-0.2, -0.15) is 0 Å². The SMILES string of the molecule is O=C(O)C1CCC=CC1c1ccccc1. The van der Waals surface area contributed by atoms with Gasteiger partial charge in [-0.05, 0) is 18.4 Å². The second-order valence-corrected chi connectivity index (χ2v) is 3.89. The van der Waals surface area contributed by atoms with Gasteiger partial charge in [-0.15, -0.1) is 0 Å². The molecule has 2 atom stereocenters. The van der Waals surface area contributed by atoms with Crippen LogP contribution in [-0.2, 0) is 4.79 Å². The zero-order valence-electron chi connectivity index (χ0n) is 8.47. The van der Waals surface area contributed by atoms with Crippen molar-refractivity contribution in [1.29, 1.82) is 0 Å². The molecule has 2 nitrogen and oxygen atoms in total. The van der Waals surface area contributed by atoms with Crippen LogP contribution in [0.15, 0.2) is 42.5 Å². The summed E-state index contributed by atoms with van der Waals surface area (Å²) >= 11 is 0. The van der Waals surface area contributed by atoms with E-state index in [2.05, 4.69) is 6.08 Å². The lowest BCUT2D eigenvalue weighted by Crippen LogP contribution is -2.22. The fraction of sp³-hybridized carbons (Fsp3) is 0.308. The van der Waals surface area contributed by atoms with Gasteiger partial charge in [-0.1, -0.05) is 42.5 Å². The van der Waals surface area contributed by atoms with Crippen LogP contribution in [0, 0.1) is 5.92 Å². The van der Waals surface area contributed by atoms with Gasteiger partial charge in [0.15, 0.2) is 0 Å². The Kier molecular flexibility index (Phi) is 2.86. The molecule has 15 heavy (non-hydrogen) atoms. The minimum atomic E-state index is -0.687. The largest absolute Gasteiger partial charge is 0.481 e. The normalized spacial score (nSPS) is 25.1. The van der Waals surface area contributed by atoms with E-state index in [4.69, 9.17) is 5.11 Å². The highest BCUT2D eigenvalue weighted by Crippen LogP contribution is 2.33. The highest BCUT2D eigenvalue weighted by Gasteiger charge is 2.28. The number of rotatable bonds is 2. The molecule has 1 N–H and O–H groups in total. The number of allylic oxidation sites excluding steroid dienone is 2. The van der Waals surface area contributed by atoms with Crippen LogP contribution in [0.3, 0.4) is 0 Å². The molecule has 1 aliphatic rings. The topological polar surface area (TPSA) is 37.3 Å². The number of benzene rings is 1. The van der Waals surface area contributed by atoms with E-state index >= 15 is 0 Å². The number of carbonyl (C=O) groups is 1. The molecule has 2 heteroatoms. The lowest BCUT2D eigenvalue weighted by molar-refractivity contribution is -0.142. The summed E-state index contributed by atoms with van der Waals surface area (Å²) < 4.78 is 0. The Bertz CT molecular complexity index is 367. The van der Waals surface area contributed by atoms with Crippen molar-refractivity contribution in [1.82, 2.24) is 0 Å². The quantitative estimate of drug-likeness (QED) is 0.749. The minimum absolute atomic E-state index is 0.0393. The van der Waals surface area contributed by atoms with Crippen molar-refractivity contribution in [3.63, 3.8) is 0 Å². The van der Waals surface area contributed by atoms with Crippen LogP contribution in [0.5, 0.6) is 0 Å². The van der Waals surface area contributed by atoms with Gasteiger partial charge in [0.1, 0.15) is 0 Å². The predicted molar refractivity (Wildman–Crippen MR) is 58.7 cm³/mol. The Morgan fingerprint density at radius 1 is 1.27 bits per heavy atom. The van der Waals surface area contributed by atoms with Crippen molar-refractivity contribution in [3.05, 3.63) is 48.0 Å². The molecule has 0 bridgehead atoms. The summed E-state index contributed by atoms with van der Waals surface area (Å²) in [5, 5.41) is 9.14. The van der Waals surface area contributed by atoms with Crippen LogP contribution < -0.4 is 0 Å². The van der Waals surface area contributed by atoms with E-state index in [0.717, 1.165) is 18.4 Å². The molecule has 0 saturated heterocycles. The van der Waals surface area contributed by atoms with Gasteiger partial charge in [-0.3, -0.25) is 4.79 Å². The average molecular weight is 202 g/mol. The van der Waals surface area contributed by atoms with Crippen LogP contribution in [0.2, 0.25) is 0 Å². The summed E-state index contributed by atoms with van der Waals surface area (Å²) in [7, 11) is 0. The molecule has 0 saturated carbocycles. The highest BCUT2D eigenvalue weighted by molar-refractivity contribution is 5.72. The maximum atomic E-state index is 11.1. The average Bonchev–Trinajstić information content (AvgIpc) is 2.30. The van der Waals surface area contributed by atoms with Gasteiger partial charge in [0.2, 0.25) is 0 Å². The van der Waals surface area contributed by atoms with E-state index in [9.17, 15) is 4.79 Å². The van der Waals surface area contributed by atoms with Gasteiger partial charge in [0.05, 0.1) is 5.92 Å². The number of carboxylic acids is 1. The van der Waals surface area contributed by atoms with Crippen molar-refractivity contribution in [2.75, 3.05) is 0 Å². The van der Waals surface area contributed by atoms with Crippen LogP contribution in [0.1, 0.15) is 24.3 Å². The molecule has 0 heterocycles. The van der Waals surface area contributed by atoms with Gasteiger partial charge >= 0.3 is 5.97 Å². The Labute approximate surface area is 89.2 Å². The molecule has 78 valence electrons. The van der Waals surface area contributed by atoms with Crippen molar-refractivity contribution in [2.24, 2.45) is 5.92 Å². The number of hydrogen-bond acceptors (Lipinski definition) is 1. The molecule has 0 amide bonds. The predicted octanol–water partition coefficient (Wildman–Crippen LogP) is 2.82. The fourth-order valence-corrected chi connectivity index (χ4v) is 2.13. The third kappa shape index (κ3) is 2.09. The molecule has 1 aromatic rings. The summed E-state index contributed by atoms with van der Waals surface area (Å²) in [6.45, 7) is 0. The number of hydrogen-bond donors (Lipinski definition) is 1. The third-order valence-electron chi connectivity index (χ3n) is 2.92. The summed E-state index contributed by atoms with van der Waals surface area (Å²) in [5.41, 5.74) is 1.10. The molecular formula is C13H14O2. The second kappa shape index (κ2) is 4.30. The maximum Gasteiger partial charge on any atom is 0.307 e. The first-order valence-corrected chi connectivity index (χ1v) is 5.23. The molecule has 0 aromatic heterocycles. The Morgan fingerprint density at radius 2 is 2.00 bits per heavy atom. The molecular weight excluding hydrogens is 188 g/mol. The molecule has 0 aliphatic heterocycles. The van der Waals surface area contributed by atoms with E-state index < -0.39 is 5.97 Å². The van der Waals surface area contributed by atoms with Crippen molar-refractivity contribution < 1.29 is 9.90 Å². The first-order valence-electron chi connectivity index (χ1n) is 5.23. The molecule has 2 rings (SSSR count). The zero-order valence-corrected chi connectivity index (χ0v) is 8.47. The van der Waals surface area contributed by atoms with Gasteiger partial charge in [0.25, 0.3) is 0 Å². The zero-order chi connectivity index (χ0) is 10.7. The number of aliphatic carboxylic acids is 1. The van der Waals surface area contributed by atoms with E-state index in [-0.39, 0.29) is 11.8 Å². The fourth-order valence-electron chi connectivity index (χ4n) is 2.13. The van der Waals surface area contributed by atoms with Crippen molar-refractivity contribution in [2.45, 2.75) is 18.8 Å². The van der Waals surface area contributed by atoms with Crippen LogP contribution >= 0.6 is 0 Å². The van der Waals surface area contributed by atoms with E-state index in [1.807, 2.05) is 36.4 Å². The highest BCUT2D eigenvalue weighted by atomic mass is 16.4. The summed E-state index contributed by atoms with van der Waals surface area (Å²) in [4.78, 5) is 11.1. The van der Waals surface area contributed by atoms with Crippen LogP contribution in [0.4, 0.5) is 0 Å². The van der Waals surface area contributed by atoms with E-state index in [1.165, 1.54) is 0 Å². The number of carboxylic acid groups (broad SMARTS) is 1. The van der Waals surface area contributed by atoms with Crippen molar-refractivity contribution in [3.8, 4) is 0 Å². The first-order chi connectivity index (χ1) is 7.29. The minimum Gasteiger partial charge on any atom is -0.481 e. The standard InChI is InChI=1S/C13H14O2/c14-13(15)12-9-5-4-8-11(12)10-6-2-1-3-7-10/h1-4,6-8,11-12H,5,9H2,(H,14,15). The molecule has 1 aromatic carbocycles. The van der Waals surface area contributed by atoms with Crippen LogP contribution in [0.25, 0.3) is 0 Å². The molecule has 2 unspecified atom stereocenters. The molecule has 0 spiro atoms. The van der Waals surface area contributed by atoms with Gasteiger partial charge < -0.3 is 5.11 Å². The van der Waals surface area contributed by atoms with E-state index in [1.54, 1.807) is 0 Å². The van der Waals surface area contributed by atoms with E-state index in [0.29, 0.717) is 0 Å². The van der Waals surface area contributed by atoms with Crippen molar-refractivity contribution >= 4 is 5.97 Å². The Balaban J connectivity index is 2.29. The Hall–Kier alpha value is -1.57. The smallest absolute Gasteiger partial charge is 0.307 e. The summed E-state index contributed by atoms with van der Waals surface area (Å²) in [5.74, 6) is -0.914.